The van der Waals surface area contributed by atoms with Crippen LogP contribution in [0.2, 0.25) is 0 Å². The van der Waals surface area contributed by atoms with Crippen molar-refractivity contribution in [3.05, 3.63) is 83.4 Å². The lowest BCUT2D eigenvalue weighted by molar-refractivity contribution is -0.120. The standard InChI is InChI=1S/C26H26N2O3S/c1-18-6-9-23(10-7-18)32(30,31)28-14-12-19(13-15-28)26(29)27-22-8-11-25-21(17-22)16-20-4-2-3-5-24(20)25/h2-11,17,19H,12-16H2,1H3,(H,27,29). The number of carbonyl (C=O) groups is 1. The van der Waals surface area contributed by atoms with E-state index in [1.165, 1.54) is 26.6 Å². The third-order valence-corrected chi connectivity index (χ3v) is 8.46. The summed E-state index contributed by atoms with van der Waals surface area (Å²) in [5.74, 6) is -0.224. The Hall–Kier alpha value is -2.96. The van der Waals surface area contributed by atoms with Crippen LogP contribution in [0.3, 0.4) is 0 Å². The van der Waals surface area contributed by atoms with Crippen molar-refractivity contribution < 1.29 is 13.2 Å². The minimum absolute atomic E-state index is 0.0344. The summed E-state index contributed by atoms with van der Waals surface area (Å²) in [4.78, 5) is 13.2. The first kappa shape index (κ1) is 20.9. The van der Waals surface area contributed by atoms with Crippen molar-refractivity contribution in [2.75, 3.05) is 18.4 Å². The van der Waals surface area contributed by atoms with Crippen molar-refractivity contribution in [2.45, 2.75) is 31.1 Å². The Labute approximate surface area is 189 Å². The zero-order valence-corrected chi connectivity index (χ0v) is 18.9. The lowest BCUT2D eigenvalue weighted by atomic mass is 9.97. The molecule has 3 aromatic rings. The molecule has 164 valence electrons. The molecule has 1 fully saturated rings. The van der Waals surface area contributed by atoms with Crippen molar-refractivity contribution >= 4 is 21.6 Å². The molecule has 0 bridgehead atoms. The predicted molar refractivity (Wildman–Crippen MR) is 126 cm³/mol. The molecule has 1 aliphatic heterocycles. The number of hydrogen-bond donors (Lipinski definition) is 1. The minimum Gasteiger partial charge on any atom is -0.326 e. The second-order valence-electron chi connectivity index (χ2n) is 8.69. The van der Waals surface area contributed by atoms with Gasteiger partial charge in [-0.25, -0.2) is 8.42 Å². The molecule has 0 atom stereocenters. The first-order valence-corrected chi connectivity index (χ1v) is 12.4. The molecule has 0 spiro atoms. The number of nitrogens with zero attached hydrogens (tertiary/aromatic N) is 1. The summed E-state index contributed by atoms with van der Waals surface area (Å²) in [6, 6.07) is 21.4. The van der Waals surface area contributed by atoms with Crippen molar-refractivity contribution in [1.29, 1.82) is 0 Å². The first-order valence-electron chi connectivity index (χ1n) is 11.0. The van der Waals surface area contributed by atoms with Gasteiger partial charge in [0.05, 0.1) is 4.90 Å². The lowest BCUT2D eigenvalue weighted by Crippen LogP contribution is -2.41. The van der Waals surface area contributed by atoms with Gasteiger partial charge in [-0.1, -0.05) is 48.0 Å². The van der Waals surface area contributed by atoms with Gasteiger partial charge in [0.2, 0.25) is 15.9 Å². The number of sulfonamides is 1. The average Bonchev–Trinajstić information content (AvgIpc) is 3.17. The second-order valence-corrected chi connectivity index (χ2v) is 10.6. The van der Waals surface area contributed by atoms with E-state index in [1.807, 2.05) is 25.1 Å². The van der Waals surface area contributed by atoms with Gasteiger partial charge >= 0.3 is 0 Å². The highest BCUT2D eigenvalue weighted by molar-refractivity contribution is 7.89. The number of amides is 1. The number of carbonyl (C=O) groups excluding carboxylic acids is 1. The molecule has 0 radical (unpaired) electrons. The van der Waals surface area contributed by atoms with Gasteiger partial charge in [-0.2, -0.15) is 4.31 Å². The Balaban J connectivity index is 1.22. The smallest absolute Gasteiger partial charge is 0.243 e. The van der Waals surface area contributed by atoms with Crippen LogP contribution in [0.15, 0.2) is 71.6 Å². The Morgan fingerprint density at radius 1 is 0.906 bits per heavy atom. The van der Waals surface area contributed by atoms with E-state index in [2.05, 4.69) is 41.7 Å². The van der Waals surface area contributed by atoms with E-state index in [-0.39, 0.29) is 11.8 Å². The maximum Gasteiger partial charge on any atom is 0.243 e. The zero-order valence-electron chi connectivity index (χ0n) is 18.0. The maximum absolute atomic E-state index is 12.9. The van der Waals surface area contributed by atoms with Crippen LogP contribution in [0.25, 0.3) is 11.1 Å². The molecule has 6 heteroatoms. The summed E-state index contributed by atoms with van der Waals surface area (Å²) in [5, 5.41) is 3.05. The van der Waals surface area contributed by atoms with Crippen LogP contribution in [0.5, 0.6) is 0 Å². The highest BCUT2D eigenvalue weighted by atomic mass is 32.2. The van der Waals surface area contributed by atoms with Gasteiger partial charge in [-0.3, -0.25) is 4.79 Å². The number of nitrogens with one attached hydrogen (secondary N) is 1. The molecule has 1 aliphatic carbocycles. The van der Waals surface area contributed by atoms with Crippen LogP contribution in [0, 0.1) is 12.8 Å². The SMILES string of the molecule is Cc1ccc(S(=O)(=O)N2CCC(C(=O)Nc3ccc4c(c3)Cc3ccccc3-4)CC2)cc1. The fourth-order valence-electron chi connectivity index (χ4n) is 4.68. The van der Waals surface area contributed by atoms with E-state index in [9.17, 15) is 13.2 Å². The molecular weight excluding hydrogens is 420 g/mol. The topological polar surface area (TPSA) is 66.5 Å². The van der Waals surface area contributed by atoms with E-state index in [0.717, 1.165) is 17.7 Å². The van der Waals surface area contributed by atoms with Gasteiger partial charge in [-0.05, 0) is 72.7 Å². The molecule has 0 unspecified atom stereocenters. The summed E-state index contributed by atoms with van der Waals surface area (Å²) in [6.07, 6.45) is 1.92. The number of hydrogen-bond acceptors (Lipinski definition) is 3. The van der Waals surface area contributed by atoms with Crippen LogP contribution in [-0.2, 0) is 21.2 Å². The molecule has 5 rings (SSSR count). The van der Waals surface area contributed by atoms with E-state index in [4.69, 9.17) is 0 Å². The normalized spacial score (nSPS) is 16.4. The minimum atomic E-state index is -3.52. The molecule has 1 heterocycles. The molecule has 2 aliphatic rings. The van der Waals surface area contributed by atoms with Crippen molar-refractivity contribution in [3.63, 3.8) is 0 Å². The zero-order chi connectivity index (χ0) is 22.3. The third-order valence-electron chi connectivity index (χ3n) is 6.54. The predicted octanol–water partition coefficient (Wildman–Crippen LogP) is 4.61. The Kier molecular flexibility index (Phi) is 5.35. The van der Waals surface area contributed by atoms with Gasteiger partial charge < -0.3 is 5.32 Å². The summed E-state index contributed by atoms with van der Waals surface area (Å²) < 4.78 is 27.3. The van der Waals surface area contributed by atoms with Gasteiger partial charge in [-0.15, -0.1) is 0 Å². The number of rotatable bonds is 4. The van der Waals surface area contributed by atoms with Crippen LogP contribution < -0.4 is 5.32 Å². The highest BCUT2D eigenvalue weighted by Gasteiger charge is 2.32. The Morgan fingerprint density at radius 2 is 1.59 bits per heavy atom. The van der Waals surface area contributed by atoms with Crippen LogP contribution in [-0.4, -0.2) is 31.7 Å². The van der Waals surface area contributed by atoms with Crippen LogP contribution in [0.1, 0.15) is 29.5 Å². The molecule has 0 saturated carbocycles. The fourth-order valence-corrected chi connectivity index (χ4v) is 6.15. The molecule has 1 saturated heterocycles. The van der Waals surface area contributed by atoms with Crippen molar-refractivity contribution in [3.8, 4) is 11.1 Å². The molecule has 1 N–H and O–H groups in total. The Bertz CT molecular complexity index is 1270. The van der Waals surface area contributed by atoms with E-state index < -0.39 is 10.0 Å². The molecule has 32 heavy (non-hydrogen) atoms. The number of aryl methyl sites for hydroxylation is 1. The van der Waals surface area contributed by atoms with Crippen molar-refractivity contribution in [1.82, 2.24) is 4.31 Å². The molecular formula is C26H26N2O3S. The maximum atomic E-state index is 12.9. The first-order chi connectivity index (χ1) is 15.4. The van der Waals surface area contributed by atoms with E-state index >= 15 is 0 Å². The third kappa shape index (κ3) is 3.85. The molecule has 0 aromatic heterocycles. The second kappa shape index (κ2) is 8.19. The monoisotopic (exact) mass is 446 g/mol. The van der Waals surface area contributed by atoms with Gasteiger partial charge in [0.25, 0.3) is 0 Å². The van der Waals surface area contributed by atoms with Crippen molar-refractivity contribution in [2.24, 2.45) is 5.92 Å². The summed E-state index contributed by atoms with van der Waals surface area (Å²) in [7, 11) is -3.52. The number of benzene rings is 3. The van der Waals surface area contributed by atoms with E-state index in [0.29, 0.717) is 30.8 Å². The van der Waals surface area contributed by atoms with Gasteiger partial charge in [0.15, 0.2) is 0 Å². The molecule has 5 nitrogen and oxygen atoms in total. The number of fused-ring (bicyclic) bond motifs is 3. The quantitative estimate of drug-likeness (QED) is 0.498. The van der Waals surface area contributed by atoms with Gasteiger partial charge in [0.1, 0.15) is 0 Å². The highest BCUT2D eigenvalue weighted by Crippen LogP contribution is 2.37. The number of piperidine rings is 1. The van der Waals surface area contributed by atoms with Crippen LogP contribution >= 0.6 is 0 Å². The largest absolute Gasteiger partial charge is 0.326 e. The Morgan fingerprint density at radius 3 is 2.34 bits per heavy atom. The number of anilines is 1. The van der Waals surface area contributed by atoms with E-state index in [1.54, 1.807) is 12.1 Å². The summed E-state index contributed by atoms with van der Waals surface area (Å²) in [6.45, 7) is 2.64. The average molecular weight is 447 g/mol. The molecule has 1 amide bonds. The van der Waals surface area contributed by atoms with Gasteiger partial charge in [0, 0.05) is 24.7 Å². The fraction of sp³-hybridized carbons (Fsp3) is 0.269. The summed E-state index contributed by atoms with van der Waals surface area (Å²) in [5.41, 5.74) is 6.86. The molecule has 3 aromatic carbocycles. The summed E-state index contributed by atoms with van der Waals surface area (Å²) >= 11 is 0. The van der Waals surface area contributed by atoms with Crippen LogP contribution in [0.4, 0.5) is 5.69 Å². The lowest BCUT2D eigenvalue weighted by Gasteiger charge is -2.30.